The quantitative estimate of drug-likeness (QED) is 0.0568. The Bertz CT molecular complexity index is 1860. The SMILES string of the molecule is C=CCO[C@@]12Oc3ccc(Oc4ccc5ccccc5c4)cc3[C@H]3[C@H](CCCCO)[C@@H](CCCCO)C=C(C(=NOCC)C[C@@H]1N(CCOCCO)C(=O)OC)[C@H]32. The van der Waals surface area contributed by atoms with Crippen LogP contribution in [-0.2, 0) is 19.0 Å². The van der Waals surface area contributed by atoms with Crippen molar-refractivity contribution in [3.63, 3.8) is 0 Å². The minimum Gasteiger partial charge on any atom is -0.459 e. The van der Waals surface area contributed by atoms with Crippen molar-refractivity contribution in [3.05, 3.63) is 90.5 Å². The summed E-state index contributed by atoms with van der Waals surface area (Å²) in [5.41, 5.74) is 2.58. The Balaban J connectivity index is 1.55. The Hall–Kier alpha value is -4.46. The zero-order valence-corrected chi connectivity index (χ0v) is 33.2. The number of carbonyl (C=O) groups excluding carboxylic acids is 1. The molecule has 3 aromatic rings. The summed E-state index contributed by atoms with van der Waals surface area (Å²) in [7, 11) is 1.34. The number of amides is 1. The van der Waals surface area contributed by atoms with Crippen LogP contribution in [0.25, 0.3) is 10.8 Å². The average molecular weight is 787 g/mol. The lowest BCUT2D eigenvalue weighted by Gasteiger charge is -2.59. The van der Waals surface area contributed by atoms with Crippen LogP contribution in [0.4, 0.5) is 4.79 Å². The fourth-order valence-electron chi connectivity index (χ4n) is 9.04. The van der Waals surface area contributed by atoms with Crippen LogP contribution in [0.2, 0.25) is 0 Å². The maximum absolute atomic E-state index is 13.8. The highest BCUT2D eigenvalue weighted by atomic mass is 16.7. The van der Waals surface area contributed by atoms with Crippen molar-refractivity contribution >= 4 is 22.6 Å². The number of benzene rings is 3. The number of hydrogen-bond acceptors (Lipinski definition) is 11. The van der Waals surface area contributed by atoms with Crippen molar-refractivity contribution in [1.29, 1.82) is 0 Å². The fourth-order valence-corrected chi connectivity index (χ4v) is 9.04. The number of allylic oxidation sites excluding steroid dienone is 1. The third kappa shape index (κ3) is 9.31. The Morgan fingerprint density at radius 3 is 2.46 bits per heavy atom. The molecule has 12 heteroatoms. The Morgan fingerprint density at radius 1 is 0.965 bits per heavy atom. The molecule has 0 spiro atoms. The maximum Gasteiger partial charge on any atom is 0.410 e. The second-order valence-electron chi connectivity index (χ2n) is 14.8. The molecule has 308 valence electrons. The van der Waals surface area contributed by atoms with E-state index in [2.05, 4.69) is 30.9 Å². The van der Waals surface area contributed by atoms with E-state index in [1.165, 1.54) is 7.11 Å². The van der Waals surface area contributed by atoms with Gasteiger partial charge in [0.05, 0.1) is 45.2 Å². The van der Waals surface area contributed by atoms with E-state index in [1.54, 1.807) is 11.0 Å². The van der Waals surface area contributed by atoms with E-state index in [-0.39, 0.29) is 70.4 Å². The summed E-state index contributed by atoms with van der Waals surface area (Å²) in [5, 5.41) is 36.0. The van der Waals surface area contributed by atoms with Crippen LogP contribution in [-0.4, -0.2) is 104 Å². The van der Waals surface area contributed by atoms with Crippen LogP contribution in [0.3, 0.4) is 0 Å². The summed E-state index contributed by atoms with van der Waals surface area (Å²) in [4.78, 5) is 21.2. The lowest BCUT2D eigenvalue weighted by atomic mass is 9.55. The minimum atomic E-state index is -1.43. The van der Waals surface area contributed by atoms with E-state index in [4.69, 9.17) is 33.7 Å². The van der Waals surface area contributed by atoms with Crippen LogP contribution in [0.1, 0.15) is 63.4 Å². The second kappa shape index (κ2) is 20.3. The number of hydrogen-bond donors (Lipinski definition) is 3. The number of aliphatic hydroxyl groups is 3. The number of rotatable bonds is 21. The van der Waals surface area contributed by atoms with Gasteiger partial charge in [-0.05, 0) is 91.1 Å². The van der Waals surface area contributed by atoms with Gasteiger partial charge in [0.25, 0.3) is 0 Å². The van der Waals surface area contributed by atoms with Gasteiger partial charge in [0.2, 0.25) is 5.79 Å². The van der Waals surface area contributed by atoms with Crippen LogP contribution < -0.4 is 9.47 Å². The van der Waals surface area contributed by atoms with Gasteiger partial charge in [-0.3, -0.25) is 4.90 Å². The standard InChI is InChI=1S/C45H58N2O10/c1-4-24-54-45-41(47(44(51)52-3)20-25-53-26-23-50)30-39(46-55-5-2)37-28-33(14-8-10-21-48)36(15-9-11-22-49)42(43(37)45)38-29-35(18-19-40(38)57-45)56-34-17-16-31-12-6-7-13-32(31)27-34/h4,6-7,12-13,16-19,27-29,33,36,41-43,48-50H,1,5,8-11,14-15,20-26,30H2,2-3H3/t33-,36+,41-,42+,43+,45+/m0/s1. The lowest BCUT2D eigenvalue weighted by Crippen LogP contribution is -2.70. The molecule has 6 atom stereocenters. The summed E-state index contributed by atoms with van der Waals surface area (Å²) in [6.07, 6.45) is 8.24. The topological polar surface area (TPSA) is 149 Å². The molecule has 1 fully saturated rings. The summed E-state index contributed by atoms with van der Waals surface area (Å²) >= 11 is 0. The molecule has 12 nitrogen and oxygen atoms in total. The molecule has 0 aromatic heterocycles. The lowest BCUT2D eigenvalue weighted by molar-refractivity contribution is -0.255. The van der Waals surface area contributed by atoms with Gasteiger partial charge >= 0.3 is 6.09 Å². The molecule has 57 heavy (non-hydrogen) atoms. The predicted molar refractivity (Wildman–Crippen MR) is 218 cm³/mol. The number of aliphatic hydroxyl groups excluding tert-OH is 3. The molecular formula is C45H58N2O10. The van der Waals surface area contributed by atoms with E-state index in [1.807, 2.05) is 49.4 Å². The molecule has 3 N–H and O–H groups in total. The van der Waals surface area contributed by atoms with Gasteiger partial charge in [-0.1, -0.05) is 60.5 Å². The molecule has 0 unspecified atom stereocenters. The van der Waals surface area contributed by atoms with Crippen molar-refractivity contribution in [3.8, 4) is 17.2 Å². The molecule has 1 saturated carbocycles. The van der Waals surface area contributed by atoms with Gasteiger partial charge in [0, 0.05) is 37.7 Å². The minimum absolute atomic E-state index is 0.0563. The van der Waals surface area contributed by atoms with E-state index in [0.717, 1.165) is 47.6 Å². The van der Waals surface area contributed by atoms with Crippen molar-refractivity contribution in [1.82, 2.24) is 4.90 Å². The monoisotopic (exact) mass is 786 g/mol. The Morgan fingerprint density at radius 2 is 1.72 bits per heavy atom. The Labute approximate surface area is 335 Å². The van der Waals surface area contributed by atoms with Crippen LogP contribution >= 0.6 is 0 Å². The van der Waals surface area contributed by atoms with Gasteiger partial charge in [-0.2, -0.15) is 0 Å². The maximum atomic E-state index is 13.8. The van der Waals surface area contributed by atoms with Gasteiger partial charge in [-0.15, -0.1) is 6.58 Å². The summed E-state index contributed by atoms with van der Waals surface area (Å²) in [5.74, 6) is 0.00855. The van der Waals surface area contributed by atoms with Gasteiger partial charge < -0.3 is 43.8 Å². The van der Waals surface area contributed by atoms with Gasteiger partial charge in [0.1, 0.15) is 29.9 Å². The number of oxime groups is 1. The first-order valence-electron chi connectivity index (χ1n) is 20.3. The fraction of sp³-hybridized carbons (Fsp3) is 0.511. The van der Waals surface area contributed by atoms with Crippen molar-refractivity contribution in [2.45, 2.75) is 69.6 Å². The molecule has 2 aliphatic carbocycles. The average Bonchev–Trinajstić information content (AvgIpc) is 3.23. The molecule has 1 aliphatic heterocycles. The number of methoxy groups -OCH3 is 1. The zero-order chi connectivity index (χ0) is 40.2. The molecule has 6 rings (SSSR count). The molecule has 1 heterocycles. The highest BCUT2D eigenvalue weighted by molar-refractivity contribution is 6.03. The molecule has 0 bridgehead atoms. The molecule has 0 saturated heterocycles. The summed E-state index contributed by atoms with van der Waals surface area (Å²) < 4.78 is 31.8. The van der Waals surface area contributed by atoms with Gasteiger partial charge in [-0.25, -0.2) is 4.79 Å². The molecule has 3 aliphatic rings. The Kier molecular flexibility index (Phi) is 15.0. The largest absolute Gasteiger partial charge is 0.459 e. The van der Waals surface area contributed by atoms with Gasteiger partial charge in [0.15, 0.2) is 0 Å². The van der Waals surface area contributed by atoms with E-state index in [0.29, 0.717) is 42.4 Å². The second-order valence-corrected chi connectivity index (χ2v) is 14.8. The molecule has 3 aromatic carbocycles. The third-order valence-corrected chi connectivity index (χ3v) is 11.4. The number of fused-ring (bicyclic) bond motifs is 3. The summed E-state index contributed by atoms with van der Waals surface area (Å²) in [6, 6.07) is 19.4. The first-order valence-corrected chi connectivity index (χ1v) is 20.3. The first-order chi connectivity index (χ1) is 27.9. The van der Waals surface area contributed by atoms with Crippen molar-refractivity contribution < 1.29 is 48.6 Å². The highest BCUT2D eigenvalue weighted by Gasteiger charge is 2.65. The van der Waals surface area contributed by atoms with E-state index < -0.39 is 23.8 Å². The molecule has 1 amide bonds. The number of unbranched alkanes of at least 4 members (excludes halogenated alkanes) is 2. The van der Waals surface area contributed by atoms with Crippen LogP contribution in [0.5, 0.6) is 17.2 Å². The van der Waals surface area contributed by atoms with Crippen molar-refractivity contribution in [2.75, 3.05) is 59.9 Å². The normalized spacial score (nSPS) is 24.2. The third-order valence-electron chi connectivity index (χ3n) is 11.4. The first kappa shape index (κ1) is 42.2. The van der Waals surface area contributed by atoms with E-state index >= 15 is 0 Å². The molecular weight excluding hydrogens is 728 g/mol. The summed E-state index contributed by atoms with van der Waals surface area (Å²) in [6.45, 7) is 6.78. The number of carbonyl (C=O) groups is 1. The zero-order valence-electron chi connectivity index (χ0n) is 33.2. The number of nitrogens with zero attached hydrogens (tertiary/aromatic N) is 2. The highest BCUT2D eigenvalue weighted by Crippen LogP contribution is 2.62. The van der Waals surface area contributed by atoms with Crippen molar-refractivity contribution in [2.24, 2.45) is 22.9 Å². The van der Waals surface area contributed by atoms with E-state index in [9.17, 15) is 20.1 Å². The van der Waals surface area contributed by atoms with Crippen LogP contribution in [0.15, 0.2) is 90.1 Å². The number of ether oxygens (including phenoxy) is 5. The predicted octanol–water partition coefficient (Wildman–Crippen LogP) is 7.36. The van der Waals surface area contributed by atoms with Crippen LogP contribution in [0, 0.1) is 17.8 Å². The smallest absolute Gasteiger partial charge is 0.410 e. The molecule has 0 radical (unpaired) electrons.